The second-order valence-electron chi connectivity index (χ2n) is 9.68. The monoisotopic (exact) mass is 497 g/mol. The molecular weight excluding hydrogens is 466 g/mol. The van der Waals surface area contributed by atoms with Crippen LogP contribution in [0.15, 0.2) is 53.4 Å². The summed E-state index contributed by atoms with van der Waals surface area (Å²) >= 11 is 0. The second kappa shape index (κ2) is 9.04. The Morgan fingerprint density at radius 3 is 2.40 bits per heavy atom. The molecule has 3 fully saturated rings. The second-order valence-corrected chi connectivity index (χ2v) is 11.5. The van der Waals surface area contributed by atoms with E-state index in [9.17, 15) is 18.0 Å². The number of carbonyl (C=O) groups excluding carboxylic acids is 2. The van der Waals surface area contributed by atoms with Crippen LogP contribution >= 0.6 is 0 Å². The highest BCUT2D eigenvalue weighted by Crippen LogP contribution is 2.39. The van der Waals surface area contributed by atoms with Gasteiger partial charge in [0.2, 0.25) is 21.8 Å². The van der Waals surface area contributed by atoms with Crippen LogP contribution in [0.3, 0.4) is 0 Å². The molecule has 0 N–H and O–H groups in total. The van der Waals surface area contributed by atoms with E-state index in [0.717, 1.165) is 16.8 Å². The van der Waals surface area contributed by atoms with Crippen molar-refractivity contribution in [1.29, 1.82) is 0 Å². The molecule has 2 amide bonds. The summed E-state index contributed by atoms with van der Waals surface area (Å²) in [7, 11) is -3.70. The van der Waals surface area contributed by atoms with E-state index in [1.807, 2.05) is 32.0 Å². The van der Waals surface area contributed by atoms with Gasteiger partial charge < -0.3 is 14.5 Å². The van der Waals surface area contributed by atoms with Gasteiger partial charge >= 0.3 is 0 Å². The Morgan fingerprint density at radius 2 is 1.71 bits per heavy atom. The summed E-state index contributed by atoms with van der Waals surface area (Å²) < 4.78 is 34.1. The predicted molar refractivity (Wildman–Crippen MR) is 131 cm³/mol. The van der Waals surface area contributed by atoms with E-state index in [4.69, 9.17) is 4.74 Å². The minimum Gasteiger partial charge on any atom is -0.358 e. The Hall–Kier alpha value is -2.75. The van der Waals surface area contributed by atoms with Crippen LogP contribution in [0.1, 0.15) is 30.4 Å². The van der Waals surface area contributed by atoms with E-state index in [1.54, 1.807) is 40.1 Å². The van der Waals surface area contributed by atoms with Crippen LogP contribution < -0.4 is 4.90 Å². The number of rotatable bonds is 4. The fourth-order valence-corrected chi connectivity index (χ4v) is 7.14. The number of piperidine rings is 1. The molecule has 3 heterocycles. The van der Waals surface area contributed by atoms with E-state index in [1.165, 1.54) is 4.31 Å². The van der Waals surface area contributed by atoms with Crippen LogP contribution in [-0.4, -0.2) is 67.9 Å². The van der Waals surface area contributed by atoms with Gasteiger partial charge in [-0.05, 0) is 49.2 Å². The Morgan fingerprint density at radius 1 is 1.00 bits per heavy atom. The maximum Gasteiger partial charge on any atom is 0.245 e. The maximum atomic E-state index is 13.3. The Kier molecular flexibility index (Phi) is 6.19. The lowest BCUT2D eigenvalue weighted by Crippen LogP contribution is -2.56. The third-order valence-corrected chi connectivity index (χ3v) is 9.55. The maximum absolute atomic E-state index is 13.3. The quantitative estimate of drug-likeness (QED) is 0.648. The average molecular weight is 498 g/mol. The number of carbonyl (C=O) groups is 2. The highest BCUT2D eigenvalue weighted by atomic mass is 32.2. The average Bonchev–Trinajstić information content (AvgIpc) is 3.45. The van der Waals surface area contributed by atoms with Crippen LogP contribution in [0, 0.1) is 19.8 Å². The van der Waals surface area contributed by atoms with Crippen LogP contribution in [0.4, 0.5) is 5.69 Å². The first-order chi connectivity index (χ1) is 16.7. The number of ether oxygens (including phenoxy) is 1. The molecule has 2 aromatic rings. The van der Waals surface area contributed by atoms with E-state index >= 15 is 0 Å². The fourth-order valence-electron chi connectivity index (χ4n) is 5.40. The third kappa shape index (κ3) is 4.26. The number of nitrogens with zero attached hydrogens (tertiary/aromatic N) is 3. The van der Waals surface area contributed by atoms with Crippen LogP contribution in [0.5, 0.6) is 0 Å². The Labute approximate surface area is 206 Å². The summed E-state index contributed by atoms with van der Waals surface area (Å²) in [4.78, 5) is 29.8. The molecule has 9 heteroatoms. The molecule has 35 heavy (non-hydrogen) atoms. The molecule has 1 spiro atoms. The summed E-state index contributed by atoms with van der Waals surface area (Å²) in [6, 6.07) is 14.3. The molecule has 0 bridgehead atoms. The zero-order chi connectivity index (χ0) is 24.8. The predicted octanol–water partition coefficient (Wildman–Crippen LogP) is 2.70. The van der Waals surface area contributed by atoms with Gasteiger partial charge in [0, 0.05) is 51.1 Å². The lowest BCUT2D eigenvalue weighted by molar-refractivity contribution is -0.144. The number of hydrogen-bond donors (Lipinski definition) is 0. The SMILES string of the molecule is Cc1ccc(N2C[C@H](C(=O)N3CCC4(CC3)OCCN4S(=O)(=O)c3ccccc3)CC2=O)cc1C. The minimum absolute atomic E-state index is 0.0423. The van der Waals surface area contributed by atoms with Crippen molar-refractivity contribution in [3.05, 3.63) is 59.7 Å². The van der Waals surface area contributed by atoms with Crippen molar-refractivity contribution < 1.29 is 22.7 Å². The van der Waals surface area contributed by atoms with Crippen molar-refractivity contribution in [2.24, 2.45) is 5.92 Å². The van der Waals surface area contributed by atoms with Gasteiger partial charge in [-0.1, -0.05) is 24.3 Å². The van der Waals surface area contributed by atoms with Crippen LogP contribution in [-0.2, 0) is 24.3 Å². The van der Waals surface area contributed by atoms with Gasteiger partial charge in [-0.15, -0.1) is 0 Å². The van der Waals surface area contributed by atoms with Gasteiger partial charge in [0.05, 0.1) is 17.4 Å². The van der Waals surface area contributed by atoms with Gasteiger partial charge in [0.1, 0.15) is 5.72 Å². The molecule has 1 atom stereocenters. The van der Waals surface area contributed by atoms with Crippen molar-refractivity contribution >= 4 is 27.5 Å². The summed E-state index contributed by atoms with van der Waals surface area (Å²) in [6.07, 6.45) is 1.01. The standard InChI is InChI=1S/C26H31N3O5S/c1-19-8-9-22(16-20(19)2)28-18-21(17-24(28)30)25(31)27-12-10-26(11-13-27)29(14-15-34-26)35(32,33)23-6-4-3-5-7-23/h3-9,16,21H,10-15,17-18H2,1-2H3/t21-/m1/s1. The normalized spacial score (nSPS) is 22.8. The van der Waals surface area contributed by atoms with Crippen molar-refractivity contribution in [1.82, 2.24) is 9.21 Å². The van der Waals surface area contributed by atoms with Crippen LogP contribution in [0.2, 0.25) is 0 Å². The number of anilines is 1. The summed E-state index contributed by atoms with van der Waals surface area (Å²) in [5, 5.41) is 0. The number of amides is 2. The van der Waals surface area contributed by atoms with Gasteiger partial charge in [0.15, 0.2) is 0 Å². The smallest absolute Gasteiger partial charge is 0.245 e. The fraction of sp³-hybridized carbons (Fsp3) is 0.462. The first kappa shape index (κ1) is 24.0. The number of likely N-dealkylation sites (tertiary alicyclic amines) is 1. The summed E-state index contributed by atoms with van der Waals surface area (Å²) in [5.41, 5.74) is 2.17. The number of sulfonamides is 1. The zero-order valence-corrected chi connectivity index (χ0v) is 21.0. The largest absolute Gasteiger partial charge is 0.358 e. The molecule has 0 unspecified atom stereocenters. The Bertz CT molecular complexity index is 1240. The van der Waals surface area contributed by atoms with E-state index < -0.39 is 21.7 Å². The van der Waals surface area contributed by atoms with E-state index in [0.29, 0.717) is 45.6 Å². The zero-order valence-electron chi connectivity index (χ0n) is 20.1. The van der Waals surface area contributed by atoms with E-state index in [-0.39, 0.29) is 23.1 Å². The molecular formula is C26H31N3O5S. The lowest BCUT2D eigenvalue weighted by atomic mass is 9.98. The molecule has 0 saturated carbocycles. The molecule has 0 radical (unpaired) electrons. The van der Waals surface area contributed by atoms with E-state index in [2.05, 4.69) is 0 Å². The van der Waals surface area contributed by atoms with Gasteiger partial charge in [-0.3, -0.25) is 9.59 Å². The first-order valence-electron chi connectivity index (χ1n) is 12.1. The minimum atomic E-state index is -3.70. The van der Waals surface area contributed by atoms with Gasteiger partial charge in [-0.25, -0.2) is 8.42 Å². The topological polar surface area (TPSA) is 87.2 Å². The summed E-state index contributed by atoms with van der Waals surface area (Å²) in [5.74, 6) is -0.485. The number of aryl methyl sites for hydroxylation is 2. The molecule has 5 rings (SSSR count). The highest BCUT2D eigenvalue weighted by Gasteiger charge is 2.51. The first-order valence-corrected chi connectivity index (χ1v) is 13.5. The summed E-state index contributed by atoms with van der Waals surface area (Å²) in [6.45, 7) is 5.84. The molecule has 8 nitrogen and oxygen atoms in total. The third-order valence-electron chi connectivity index (χ3n) is 7.58. The molecule has 3 aliphatic rings. The number of hydrogen-bond acceptors (Lipinski definition) is 5. The lowest BCUT2D eigenvalue weighted by Gasteiger charge is -2.43. The number of benzene rings is 2. The van der Waals surface area contributed by atoms with Crippen molar-refractivity contribution in [2.45, 2.75) is 43.7 Å². The molecule has 3 saturated heterocycles. The van der Waals surface area contributed by atoms with Gasteiger partial charge in [-0.2, -0.15) is 4.31 Å². The van der Waals surface area contributed by atoms with Crippen molar-refractivity contribution in [3.8, 4) is 0 Å². The van der Waals surface area contributed by atoms with Crippen LogP contribution in [0.25, 0.3) is 0 Å². The Balaban J connectivity index is 1.26. The molecule has 2 aromatic carbocycles. The van der Waals surface area contributed by atoms with Crippen molar-refractivity contribution in [2.75, 3.05) is 37.7 Å². The molecule has 186 valence electrons. The molecule has 0 aromatic heterocycles. The molecule has 0 aliphatic carbocycles. The van der Waals surface area contributed by atoms with Gasteiger partial charge in [0.25, 0.3) is 0 Å². The van der Waals surface area contributed by atoms with Crippen molar-refractivity contribution in [3.63, 3.8) is 0 Å². The highest BCUT2D eigenvalue weighted by molar-refractivity contribution is 7.89. The molecule has 3 aliphatic heterocycles.